The molecular formula is C7H14. The molecule has 0 saturated heterocycles. The van der Waals surface area contributed by atoms with Crippen molar-refractivity contribution in [1.82, 2.24) is 0 Å². The highest BCUT2D eigenvalue weighted by atomic mass is 14.3. The van der Waals surface area contributed by atoms with Gasteiger partial charge in [0.15, 0.2) is 0 Å². The van der Waals surface area contributed by atoms with Crippen LogP contribution in [0.3, 0.4) is 0 Å². The second kappa shape index (κ2) is 1.85. The average molecular weight is 98.2 g/mol. The summed E-state index contributed by atoms with van der Waals surface area (Å²) in [5, 5.41) is 0. The molecule has 0 aromatic rings. The minimum absolute atomic E-state index is 1.01. The van der Waals surface area contributed by atoms with Crippen molar-refractivity contribution in [2.24, 2.45) is 11.8 Å². The first-order valence-electron chi connectivity index (χ1n) is 3.34. The van der Waals surface area contributed by atoms with Gasteiger partial charge in [0.05, 0.1) is 0 Å². The SMILES string of the molecule is CC[C@@H](C)C1CC1. The van der Waals surface area contributed by atoms with Gasteiger partial charge in [-0.3, -0.25) is 0 Å². The molecule has 42 valence electrons. The van der Waals surface area contributed by atoms with Gasteiger partial charge in [0.25, 0.3) is 0 Å². The van der Waals surface area contributed by atoms with Gasteiger partial charge in [0.1, 0.15) is 0 Å². The molecule has 0 heteroatoms. The zero-order valence-corrected chi connectivity index (χ0v) is 5.28. The van der Waals surface area contributed by atoms with Gasteiger partial charge in [-0.2, -0.15) is 0 Å². The van der Waals surface area contributed by atoms with E-state index in [-0.39, 0.29) is 0 Å². The van der Waals surface area contributed by atoms with Gasteiger partial charge in [-0.15, -0.1) is 0 Å². The summed E-state index contributed by atoms with van der Waals surface area (Å²) in [4.78, 5) is 0. The molecule has 0 aromatic heterocycles. The molecule has 1 fully saturated rings. The highest BCUT2D eigenvalue weighted by Gasteiger charge is 2.25. The third kappa shape index (κ3) is 1.19. The Hall–Kier alpha value is 0. The van der Waals surface area contributed by atoms with Gasteiger partial charge in [0, 0.05) is 0 Å². The third-order valence-electron chi connectivity index (χ3n) is 2.07. The fraction of sp³-hybridized carbons (Fsp3) is 1.00. The maximum Gasteiger partial charge on any atom is -0.0388 e. The molecule has 1 aliphatic rings. The van der Waals surface area contributed by atoms with Crippen LogP contribution < -0.4 is 0 Å². The zero-order valence-electron chi connectivity index (χ0n) is 5.28. The Morgan fingerprint density at radius 2 is 2.14 bits per heavy atom. The van der Waals surface area contributed by atoms with E-state index in [1.165, 1.54) is 19.3 Å². The lowest BCUT2D eigenvalue weighted by Gasteiger charge is -2.01. The standard InChI is InChI=1S/C7H14/c1-3-6(2)7-4-5-7/h6-7H,3-5H2,1-2H3/t6-/m1/s1. The first-order valence-corrected chi connectivity index (χ1v) is 3.34. The van der Waals surface area contributed by atoms with Crippen LogP contribution in [0.25, 0.3) is 0 Å². The van der Waals surface area contributed by atoms with Gasteiger partial charge in [-0.25, -0.2) is 0 Å². The van der Waals surface area contributed by atoms with E-state index in [2.05, 4.69) is 13.8 Å². The van der Waals surface area contributed by atoms with Crippen molar-refractivity contribution in [3.63, 3.8) is 0 Å². The zero-order chi connectivity index (χ0) is 5.28. The lowest BCUT2D eigenvalue weighted by molar-refractivity contribution is 0.493. The van der Waals surface area contributed by atoms with Crippen molar-refractivity contribution in [2.45, 2.75) is 33.1 Å². The molecular weight excluding hydrogens is 84.1 g/mol. The van der Waals surface area contributed by atoms with Crippen molar-refractivity contribution in [1.29, 1.82) is 0 Å². The van der Waals surface area contributed by atoms with Crippen molar-refractivity contribution in [3.05, 3.63) is 0 Å². The Labute approximate surface area is 45.9 Å². The fourth-order valence-corrected chi connectivity index (χ4v) is 0.999. The van der Waals surface area contributed by atoms with E-state index in [9.17, 15) is 0 Å². The Kier molecular flexibility index (Phi) is 1.36. The van der Waals surface area contributed by atoms with Crippen LogP contribution in [-0.2, 0) is 0 Å². The number of hydrogen-bond acceptors (Lipinski definition) is 0. The van der Waals surface area contributed by atoms with Crippen molar-refractivity contribution < 1.29 is 0 Å². The smallest absolute Gasteiger partial charge is 0.0388 e. The monoisotopic (exact) mass is 98.1 g/mol. The molecule has 1 saturated carbocycles. The van der Waals surface area contributed by atoms with Crippen LogP contribution in [0.4, 0.5) is 0 Å². The number of rotatable bonds is 2. The van der Waals surface area contributed by atoms with Gasteiger partial charge >= 0.3 is 0 Å². The summed E-state index contributed by atoms with van der Waals surface area (Å²) in [7, 11) is 0. The largest absolute Gasteiger partial charge is 0.0651 e. The minimum atomic E-state index is 1.01. The third-order valence-corrected chi connectivity index (χ3v) is 2.07. The molecule has 0 N–H and O–H groups in total. The van der Waals surface area contributed by atoms with Crippen molar-refractivity contribution in [3.8, 4) is 0 Å². The van der Waals surface area contributed by atoms with Crippen LogP contribution in [-0.4, -0.2) is 0 Å². The summed E-state index contributed by atoms with van der Waals surface area (Å²) in [6.07, 6.45) is 4.40. The summed E-state index contributed by atoms with van der Waals surface area (Å²) < 4.78 is 0. The predicted octanol–water partition coefficient (Wildman–Crippen LogP) is 2.44. The lowest BCUT2D eigenvalue weighted by atomic mass is 10.0. The van der Waals surface area contributed by atoms with Gasteiger partial charge in [-0.1, -0.05) is 20.3 Å². The molecule has 0 unspecified atom stereocenters. The molecule has 0 aromatic carbocycles. The van der Waals surface area contributed by atoms with Crippen LogP contribution in [0.5, 0.6) is 0 Å². The summed E-state index contributed by atoms with van der Waals surface area (Å²) in [5.74, 6) is 2.13. The molecule has 0 amide bonds. The molecule has 0 spiro atoms. The van der Waals surface area contributed by atoms with Crippen LogP contribution in [0.1, 0.15) is 33.1 Å². The van der Waals surface area contributed by atoms with E-state index in [0.29, 0.717) is 0 Å². The molecule has 7 heavy (non-hydrogen) atoms. The van der Waals surface area contributed by atoms with Gasteiger partial charge < -0.3 is 0 Å². The summed E-state index contributed by atoms with van der Waals surface area (Å²) >= 11 is 0. The van der Waals surface area contributed by atoms with Crippen LogP contribution in [0, 0.1) is 11.8 Å². The normalized spacial score (nSPS) is 24.9. The second-order valence-electron chi connectivity index (χ2n) is 2.72. The maximum atomic E-state index is 2.36. The number of hydrogen-bond donors (Lipinski definition) is 0. The molecule has 1 rings (SSSR count). The Balaban J connectivity index is 2.10. The van der Waals surface area contributed by atoms with Crippen LogP contribution in [0.15, 0.2) is 0 Å². The van der Waals surface area contributed by atoms with Crippen molar-refractivity contribution in [2.75, 3.05) is 0 Å². The predicted molar refractivity (Wildman–Crippen MR) is 32.2 cm³/mol. The Morgan fingerprint density at radius 3 is 2.29 bits per heavy atom. The molecule has 0 bridgehead atoms. The van der Waals surface area contributed by atoms with Gasteiger partial charge in [-0.05, 0) is 24.7 Å². The Morgan fingerprint density at radius 1 is 1.57 bits per heavy atom. The summed E-state index contributed by atoms with van der Waals surface area (Å²) in [6, 6.07) is 0. The molecule has 0 radical (unpaired) electrons. The van der Waals surface area contributed by atoms with E-state index in [4.69, 9.17) is 0 Å². The van der Waals surface area contributed by atoms with E-state index in [1.807, 2.05) is 0 Å². The van der Waals surface area contributed by atoms with Gasteiger partial charge in [0.2, 0.25) is 0 Å². The van der Waals surface area contributed by atoms with E-state index in [1.54, 1.807) is 0 Å². The molecule has 1 aliphatic carbocycles. The fourth-order valence-electron chi connectivity index (χ4n) is 0.999. The maximum absolute atomic E-state index is 2.36. The highest BCUT2D eigenvalue weighted by Crippen LogP contribution is 2.37. The van der Waals surface area contributed by atoms with E-state index >= 15 is 0 Å². The summed E-state index contributed by atoms with van der Waals surface area (Å²) in [6.45, 7) is 4.64. The molecule has 0 heterocycles. The second-order valence-corrected chi connectivity index (χ2v) is 2.72. The first-order chi connectivity index (χ1) is 3.34. The average Bonchev–Trinajstić information content (AvgIpc) is 2.44. The quantitative estimate of drug-likeness (QED) is 0.497. The van der Waals surface area contributed by atoms with E-state index in [0.717, 1.165) is 11.8 Å². The van der Waals surface area contributed by atoms with E-state index < -0.39 is 0 Å². The molecule has 0 nitrogen and oxygen atoms in total. The Bertz CT molecular complexity index is 53.1. The lowest BCUT2D eigenvalue weighted by Crippen LogP contribution is -1.91. The van der Waals surface area contributed by atoms with Crippen molar-refractivity contribution >= 4 is 0 Å². The minimum Gasteiger partial charge on any atom is -0.0651 e. The topological polar surface area (TPSA) is 0 Å². The van der Waals surface area contributed by atoms with Crippen LogP contribution >= 0.6 is 0 Å². The molecule has 1 atom stereocenters. The summed E-state index contributed by atoms with van der Waals surface area (Å²) in [5.41, 5.74) is 0. The highest BCUT2D eigenvalue weighted by molar-refractivity contribution is 4.77. The first kappa shape index (κ1) is 5.14. The van der Waals surface area contributed by atoms with Crippen LogP contribution in [0.2, 0.25) is 0 Å². The molecule has 0 aliphatic heterocycles.